The molecular formula is C22H22FN3O3. The van der Waals surface area contributed by atoms with Gasteiger partial charge in [-0.05, 0) is 56.3 Å². The van der Waals surface area contributed by atoms with Crippen LogP contribution in [0.5, 0.6) is 11.5 Å². The fourth-order valence-electron chi connectivity index (χ4n) is 2.95. The molecule has 0 unspecified atom stereocenters. The number of carbonyl (C=O) groups excluding carboxylic acids is 1. The van der Waals surface area contributed by atoms with Crippen LogP contribution in [-0.2, 0) is 4.79 Å². The number of nitrogens with zero attached hydrogens (tertiary/aromatic N) is 2. The molecule has 3 rings (SSSR count). The first kappa shape index (κ1) is 20.1. The Balaban J connectivity index is 1.61. The summed E-state index contributed by atoms with van der Waals surface area (Å²) < 4.78 is 26.4. The van der Waals surface area contributed by atoms with Gasteiger partial charge in [-0.2, -0.15) is 5.10 Å². The number of hydrogen-bond donors (Lipinski definition) is 1. The molecule has 0 radical (unpaired) electrons. The highest BCUT2D eigenvalue weighted by atomic mass is 19.1. The Labute approximate surface area is 168 Å². The number of hydrogen-bond acceptors (Lipinski definition) is 4. The lowest BCUT2D eigenvalue weighted by atomic mass is 10.2. The van der Waals surface area contributed by atoms with Gasteiger partial charge in [0, 0.05) is 17.0 Å². The van der Waals surface area contributed by atoms with Crippen molar-refractivity contribution >= 4 is 12.1 Å². The topological polar surface area (TPSA) is 64.8 Å². The van der Waals surface area contributed by atoms with Crippen LogP contribution in [0.3, 0.4) is 0 Å². The fourth-order valence-corrected chi connectivity index (χ4v) is 2.95. The Morgan fingerprint density at radius 2 is 1.83 bits per heavy atom. The van der Waals surface area contributed by atoms with E-state index < -0.39 is 0 Å². The molecule has 0 saturated heterocycles. The number of amides is 1. The van der Waals surface area contributed by atoms with E-state index in [0.29, 0.717) is 17.2 Å². The average Bonchev–Trinajstić information content (AvgIpc) is 3.00. The van der Waals surface area contributed by atoms with Gasteiger partial charge < -0.3 is 14.0 Å². The zero-order valence-corrected chi connectivity index (χ0v) is 16.5. The lowest BCUT2D eigenvalue weighted by Crippen LogP contribution is -2.24. The molecule has 6 nitrogen and oxygen atoms in total. The Hall–Kier alpha value is -3.61. The molecule has 0 spiro atoms. The van der Waals surface area contributed by atoms with Crippen molar-refractivity contribution < 1.29 is 18.7 Å². The zero-order valence-electron chi connectivity index (χ0n) is 16.5. The van der Waals surface area contributed by atoms with Crippen LogP contribution in [0.4, 0.5) is 4.39 Å². The van der Waals surface area contributed by atoms with Crippen molar-refractivity contribution in [2.24, 2.45) is 5.10 Å². The highest BCUT2D eigenvalue weighted by Crippen LogP contribution is 2.22. The molecule has 0 fully saturated rings. The van der Waals surface area contributed by atoms with Gasteiger partial charge in [0.05, 0.1) is 19.0 Å². The van der Waals surface area contributed by atoms with E-state index in [1.54, 1.807) is 49.6 Å². The summed E-state index contributed by atoms with van der Waals surface area (Å²) in [6, 6.07) is 15.4. The average molecular weight is 395 g/mol. The summed E-state index contributed by atoms with van der Waals surface area (Å²) in [5.74, 6) is 0.569. The van der Waals surface area contributed by atoms with Crippen molar-refractivity contribution in [2.75, 3.05) is 13.7 Å². The fraction of sp³-hybridized carbons (Fsp3) is 0.182. The van der Waals surface area contributed by atoms with Gasteiger partial charge in [-0.3, -0.25) is 4.79 Å². The molecule has 1 N–H and O–H groups in total. The van der Waals surface area contributed by atoms with Crippen molar-refractivity contribution in [1.82, 2.24) is 9.99 Å². The van der Waals surface area contributed by atoms with Crippen molar-refractivity contribution in [3.8, 4) is 17.2 Å². The molecule has 1 heterocycles. The first-order chi connectivity index (χ1) is 14.0. The first-order valence-corrected chi connectivity index (χ1v) is 9.02. The van der Waals surface area contributed by atoms with Crippen LogP contribution in [0.25, 0.3) is 5.69 Å². The molecule has 0 bridgehead atoms. The quantitative estimate of drug-likeness (QED) is 0.489. The maximum absolute atomic E-state index is 14.1. The van der Waals surface area contributed by atoms with E-state index in [-0.39, 0.29) is 18.3 Å². The Morgan fingerprint density at radius 3 is 2.52 bits per heavy atom. The van der Waals surface area contributed by atoms with Crippen LogP contribution in [0.15, 0.2) is 59.7 Å². The molecule has 0 aliphatic rings. The molecule has 29 heavy (non-hydrogen) atoms. The van der Waals surface area contributed by atoms with E-state index in [4.69, 9.17) is 9.47 Å². The van der Waals surface area contributed by atoms with Gasteiger partial charge in [-0.25, -0.2) is 9.82 Å². The normalized spacial score (nSPS) is 10.9. The largest absolute Gasteiger partial charge is 0.497 e. The maximum atomic E-state index is 14.1. The van der Waals surface area contributed by atoms with E-state index in [1.165, 1.54) is 12.3 Å². The predicted octanol–water partition coefficient (Wildman–Crippen LogP) is 3.77. The summed E-state index contributed by atoms with van der Waals surface area (Å²) in [5, 5.41) is 3.98. The van der Waals surface area contributed by atoms with E-state index >= 15 is 0 Å². The van der Waals surface area contributed by atoms with Gasteiger partial charge in [-0.1, -0.05) is 12.1 Å². The van der Waals surface area contributed by atoms with Gasteiger partial charge >= 0.3 is 0 Å². The predicted molar refractivity (Wildman–Crippen MR) is 109 cm³/mol. The van der Waals surface area contributed by atoms with Gasteiger partial charge in [0.2, 0.25) is 0 Å². The van der Waals surface area contributed by atoms with Crippen LogP contribution >= 0.6 is 0 Å². The third kappa shape index (κ3) is 4.82. The Morgan fingerprint density at radius 1 is 1.14 bits per heavy atom. The summed E-state index contributed by atoms with van der Waals surface area (Å²) in [7, 11) is 1.58. The van der Waals surface area contributed by atoms with Crippen LogP contribution in [0, 0.1) is 19.7 Å². The van der Waals surface area contributed by atoms with Crippen LogP contribution < -0.4 is 14.9 Å². The number of methoxy groups -OCH3 is 1. The van der Waals surface area contributed by atoms with Gasteiger partial charge in [0.15, 0.2) is 6.61 Å². The molecule has 0 aliphatic heterocycles. The Bertz CT molecular complexity index is 1030. The molecule has 1 amide bonds. The number of nitrogens with one attached hydrogen (secondary N) is 1. The van der Waals surface area contributed by atoms with Crippen LogP contribution in [-0.4, -0.2) is 30.4 Å². The minimum atomic E-state index is -0.389. The molecule has 150 valence electrons. The van der Waals surface area contributed by atoms with Gasteiger partial charge in [-0.15, -0.1) is 0 Å². The van der Waals surface area contributed by atoms with Gasteiger partial charge in [0.1, 0.15) is 17.3 Å². The first-order valence-electron chi connectivity index (χ1n) is 9.02. The number of para-hydroxylation sites is 1. The standard InChI is InChI=1S/C22H22FN3O3/c1-15-12-17(16(2)26(15)21-7-5-4-6-20(21)23)13-24-25-22(27)14-29-19-10-8-18(28-3)9-11-19/h4-13H,14H2,1-3H3,(H,25,27)/b24-13-. The van der Waals surface area contributed by atoms with Crippen molar-refractivity contribution in [2.45, 2.75) is 13.8 Å². The molecule has 3 aromatic rings. The number of aryl methyl sites for hydroxylation is 1. The molecule has 1 aromatic heterocycles. The summed E-state index contributed by atoms with van der Waals surface area (Å²) in [6.07, 6.45) is 1.53. The molecule has 2 aromatic carbocycles. The monoisotopic (exact) mass is 395 g/mol. The molecule has 7 heteroatoms. The second-order valence-corrected chi connectivity index (χ2v) is 6.37. The van der Waals surface area contributed by atoms with E-state index in [9.17, 15) is 9.18 Å². The van der Waals surface area contributed by atoms with Crippen LogP contribution in [0.1, 0.15) is 17.0 Å². The van der Waals surface area contributed by atoms with Crippen molar-refractivity contribution in [3.05, 3.63) is 77.4 Å². The van der Waals surface area contributed by atoms with Crippen molar-refractivity contribution in [3.63, 3.8) is 0 Å². The Kier molecular flexibility index (Phi) is 6.29. The second-order valence-electron chi connectivity index (χ2n) is 6.37. The number of aromatic nitrogens is 1. The van der Waals surface area contributed by atoms with E-state index in [1.807, 2.05) is 24.5 Å². The minimum absolute atomic E-state index is 0.169. The summed E-state index contributed by atoms with van der Waals surface area (Å²) in [6.45, 7) is 3.59. The zero-order chi connectivity index (χ0) is 20.8. The number of ether oxygens (including phenoxy) is 2. The lowest BCUT2D eigenvalue weighted by molar-refractivity contribution is -0.123. The third-order valence-electron chi connectivity index (χ3n) is 4.39. The highest BCUT2D eigenvalue weighted by Gasteiger charge is 2.12. The molecule has 0 aliphatic carbocycles. The van der Waals surface area contributed by atoms with Crippen LogP contribution in [0.2, 0.25) is 0 Å². The summed E-state index contributed by atoms with van der Waals surface area (Å²) in [4.78, 5) is 11.9. The summed E-state index contributed by atoms with van der Waals surface area (Å²) >= 11 is 0. The van der Waals surface area contributed by atoms with Gasteiger partial charge in [0.25, 0.3) is 5.91 Å². The molecule has 0 saturated carbocycles. The van der Waals surface area contributed by atoms with Crippen molar-refractivity contribution in [1.29, 1.82) is 0 Å². The SMILES string of the molecule is COc1ccc(OCC(=O)N/N=C\c2cc(C)n(-c3ccccc3F)c2C)cc1. The third-order valence-corrected chi connectivity index (χ3v) is 4.39. The smallest absolute Gasteiger partial charge is 0.277 e. The number of benzene rings is 2. The number of hydrazone groups is 1. The number of rotatable bonds is 7. The number of carbonyl (C=O) groups is 1. The van der Waals surface area contributed by atoms with E-state index in [2.05, 4.69) is 10.5 Å². The highest BCUT2D eigenvalue weighted by molar-refractivity contribution is 5.84. The maximum Gasteiger partial charge on any atom is 0.277 e. The molecular weight excluding hydrogens is 373 g/mol. The second kappa shape index (κ2) is 9.05. The lowest BCUT2D eigenvalue weighted by Gasteiger charge is -2.10. The number of halogens is 1. The summed E-state index contributed by atoms with van der Waals surface area (Å²) in [5.41, 5.74) is 5.36. The van der Waals surface area contributed by atoms with E-state index in [0.717, 1.165) is 17.0 Å². The molecule has 0 atom stereocenters. The minimum Gasteiger partial charge on any atom is -0.497 e.